The Balaban J connectivity index is 1.44. The largest absolute Gasteiger partial charge is 0.455 e. The first-order valence-electron chi connectivity index (χ1n) is 13.4. The van der Waals surface area contributed by atoms with Crippen LogP contribution >= 0.6 is 0 Å². The molecule has 0 fully saturated rings. The summed E-state index contributed by atoms with van der Waals surface area (Å²) in [7, 11) is 0. The van der Waals surface area contributed by atoms with E-state index < -0.39 is 0 Å². The topological polar surface area (TPSA) is 9.23 Å². The van der Waals surface area contributed by atoms with Gasteiger partial charge >= 0.3 is 0 Å². The summed E-state index contributed by atoms with van der Waals surface area (Å²) in [4.78, 5) is 0. The third-order valence-corrected chi connectivity index (χ3v) is 8.41. The van der Waals surface area contributed by atoms with Crippen molar-refractivity contribution in [3.63, 3.8) is 0 Å². The number of hydrogen-bond donors (Lipinski definition) is 0. The highest BCUT2D eigenvalue weighted by molar-refractivity contribution is 6.25. The maximum Gasteiger partial charge on any atom is 0.143 e. The Morgan fingerprint density at radius 3 is 1.87 bits per heavy atom. The smallest absolute Gasteiger partial charge is 0.143 e. The maximum absolute atomic E-state index is 6.70. The second-order valence-electron chi connectivity index (χ2n) is 10.5. The standard InChI is InChI=1S/C38H22O/c1-4-11-27-23(8-1)16-17-26-22-25-10-3-5-12-28(25)37(35(26)27)32-20-21-34-36-30(32)14-7-15-31(36)33-19-18-24-9-2-6-13-29(24)38(33)39-34/h1-22H. The van der Waals surface area contributed by atoms with E-state index in [1.165, 1.54) is 65.2 Å². The van der Waals surface area contributed by atoms with Crippen LogP contribution in [-0.2, 0) is 0 Å². The molecule has 1 heterocycles. The Morgan fingerprint density at radius 2 is 1.00 bits per heavy atom. The molecule has 8 aromatic carbocycles. The predicted molar refractivity (Wildman–Crippen MR) is 165 cm³/mol. The fourth-order valence-electron chi connectivity index (χ4n) is 6.70. The van der Waals surface area contributed by atoms with E-state index in [4.69, 9.17) is 4.74 Å². The summed E-state index contributed by atoms with van der Waals surface area (Å²) >= 11 is 0. The lowest BCUT2D eigenvalue weighted by Gasteiger charge is -2.24. The minimum atomic E-state index is 0.919. The molecule has 0 N–H and O–H groups in total. The van der Waals surface area contributed by atoms with E-state index in [0.29, 0.717) is 0 Å². The molecule has 0 amide bonds. The van der Waals surface area contributed by atoms with Gasteiger partial charge in [0.25, 0.3) is 0 Å². The second-order valence-corrected chi connectivity index (χ2v) is 10.5. The van der Waals surface area contributed by atoms with Gasteiger partial charge in [-0.25, -0.2) is 0 Å². The van der Waals surface area contributed by atoms with Crippen LogP contribution in [0, 0.1) is 0 Å². The van der Waals surface area contributed by atoms with Gasteiger partial charge in [-0.15, -0.1) is 0 Å². The van der Waals surface area contributed by atoms with E-state index in [1.807, 2.05) is 0 Å². The molecule has 39 heavy (non-hydrogen) atoms. The number of rotatable bonds is 1. The predicted octanol–water partition coefficient (Wildman–Crippen LogP) is 10.9. The fraction of sp³-hybridized carbons (Fsp3) is 0. The van der Waals surface area contributed by atoms with E-state index in [1.54, 1.807) is 0 Å². The Morgan fingerprint density at radius 1 is 0.359 bits per heavy atom. The summed E-state index contributed by atoms with van der Waals surface area (Å²) in [5.41, 5.74) is 4.90. The SMILES string of the molecule is c1ccc2c3c(ccc2c1)-c1cccc2c(-c4c5ccccc5cc5ccc6ccccc6c45)ccc(c12)O3. The molecular formula is C38H22O. The average molecular weight is 495 g/mol. The van der Waals surface area contributed by atoms with Crippen LogP contribution in [0.25, 0.3) is 76.1 Å². The molecule has 0 unspecified atom stereocenters. The molecule has 0 aliphatic carbocycles. The van der Waals surface area contributed by atoms with E-state index in [2.05, 4.69) is 133 Å². The molecule has 1 aliphatic rings. The van der Waals surface area contributed by atoms with Crippen LogP contribution in [0.2, 0.25) is 0 Å². The van der Waals surface area contributed by atoms with E-state index in [0.717, 1.165) is 22.4 Å². The van der Waals surface area contributed by atoms with Crippen molar-refractivity contribution in [3.05, 3.63) is 133 Å². The molecule has 0 atom stereocenters. The molecule has 0 spiro atoms. The van der Waals surface area contributed by atoms with Gasteiger partial charge in [-0.3, -0.25) is 0 Å². The molecule has 0 radical (unpaired) electrons. The zero-order valence-electron chi connectivity index (χ0n) is 21.1. The quantitative estimate of drug-likeness (QED) is 0.163. The highest BCUT2D eigenvalue weighted by Crippen LogP contribution is 2.52. The molecule has 0 aromatic heterocycles. The monoisotopic (exact) mass is 494 g/mol. The van der Waals surface area contributed by atoms with Crippen molar-refractivity contribution in [2.45, 2.75) is 0 Å². The van der Waals surface area contributed by atoms with Gasteiger partial charge in [-0.1, -0.05) is 109 Å². The lowest BCUT2D eigenvalue weighted by Crippen LogP contribution is -1.99. The van der Waals surface area contributed by atoms with Crippen molar-refractivity contribution in [2.24, 2.45) is 0 Å². The highest BCUT2D eigenvalue weighted by Gasteiger charge is 2.24. The van der Waals surface area contributed by atoms with Crippen LogP contribution in [0.5, 0.6) is 11.5 Å². The highest BCUT2D eigenvalue weighted by atomic mass is 16.5. The van der Waals surface area contributed by atoms with Crippen molar-refractivity contribution in [2.75, 3.05) is 0 Å². The van der Waals surface area contributed by atoms with Gasteiger partial charge in [-0.2, -0.15) is 0 Å². The first-order valence-corrected chi connectivity index (χ1v) is 13.4. The van der Waals surface area contributed by atoms with Crippen molar-refractivity contribution in [1.82, 2.24) is 0 Å². The van der Waals surface area contributed by atoms with Crippen LogP contribution in [0.1, 0.15) is 0 Å². The molecule has 1 aliphatic heterocycles. The van der Waals surface area contributed by atoms with Crippen LogP contribution in [0.15, 0.2) is 133 Å². The van der Waals surface area contributed by atoms with Gasteiger partial charge in [0, 0.05) is 16.3 Å². The molecule has 1 nitrogen and oxygen atoms in total. The first kappa shape index (κ1) is 20.9. The zero-order chi connectivity index (χ0) is 25.5. The Hall–Kier alpha value is -5.14. The molecule has 8 aromatic rings. The second kappa shape index (κ2) is 7.69. The summed E-state index contributed by atoms with van der Waals surface area (Å²) in [6, 6.07) is 48.3. The summed E-state index contributed by atoms with van der Waals surface area (Å²) in [6.07, 6.45) is 0. The normalized spacial score (nSPS) is 12.3. The minimum Gasteiger partial charge on any atom is -0.455 e. The summed E-state index contributed by atoms with van der Waals surface area (Å²) in [6.45, 7) is 0. The lowest BCUT2D eigenvalue weighted by atomic mass is 9.85. The van der Waals surface area contributed by atoms with Crippen LogP contribution in [-0.4, -0.2) is 0 Å². The molecule has 0 saturated heterocycles. The summed E-state index contributed by atoms with van der Waals surface area (Å²) < 4.78 is 6.70. The number of hydrogen-bond acceptors (Lipinski definition) is 1. The van der Waals surface area contributed by atoms with Gasteiger partial charge in [-0.05, 0) is 84.0 Å². The van der Waals surface area contributed by atoms with Gasteiger partial charge in [0.15, 0.2) is 0 Å². The Kier molecular flexibility index (Phi) is 4.11. The first-order chi connectivity index (χ1) is 19.3. The fourth-order valence-corrected chi connectivity index (χ4v) is 6.70. The molecule has 180 valence electrons. The van der Waals surface area contributed by atoms with Crippen LogP contribution in [0.4, 0.5) is 0 Å². The molecular weight excluding hydrogens is 472 g/mol. The van der Waals surface area contributed by atoms with Crippen LogP contribution < -0.4 is 4.74 Å². The van der Waals surface area contributed by atoms with Gasteiger partial charge in [0.05, 0.1) is 0 Å². The van der Waals surface area contributed by atoms with Gasteiger partial charge in [0.2, 0.25) is 0 Å². The number of ether oxygens (including phenoxy) is 1. The van der Waals surface area contributed by atoms with Crippen molar-refractivity contribution >= 4 is 53.9 Å². The number of benzene rings is 8. The summed E-state index contributed by atoms with van der Waals surface area (Å²) in [5.74, 6) is 1.87. The van der Waals surface area contributed by atoms with Crippen LogP contribution in [0.3, 0.4) is 0 Å². The van der Waals surface area contributed by atoms with E-state index >= 15 is 0 Å². The van der Waals surface area contributed by atoms with Crippen molar-refractivity contribution in [3.8, 4) is 33.8 Å². The Labute approximate surface area is 225 Å². The van der Waals surface area contributed by atoms with Gasteiger partial charge < -0.3 is 4.74 Å². The Bertz CT molecular complexity index is 2310. The number of fused-ring (bicyclic) bond motifs is 8. The van der Waals surface area contributed by atoms with E-state index in [-0.39, 0.29) is 0 Å². The lowest BCUT2D eigenvalue weighted by molar-refractivity contribution is 0.493. The van der Waals surface area contributed by atoms with E-state index in [9.17, 15) is 0 Å². The molecule has 1 heteroatoms. The maximum atomic E-state index is 6.70. The minimum absolute atomic E-state index is 0.919. The third-order valence-electron chi connectivity index (χ3n) is 8.41. The van der Waals surface area contributed by atoms with Gasteiger partial charge in [0.1, 0.15) is 11.5 Å². The summed E-state index contributed by atoms with van der Waals surface area (Å²) in [5, 5.41) is 12.4. The molecule has 9 rings (SSSR count). The average Bonchev–Trinajstić information content (AvgIpc) is 3.00. The third kappa shape index (κ3) is 2.85. The zero-order valence-corrected chi connectivity index (χ0v) is 21.1. The molecule has 0 saturated carbocycles. The van der Waals surface area contributed by atoms with Crippen molar-refractivity contribution in [1.29, 1.82) is 0 Å². The molecule has 0 bridgehead atoms. The van der Waals surface area contributed by atoms with Crippen molar-refractivity contribution < 1.29 is 4.74 Å².